The third-order valence-electron chi connectivity index (χ3n) is 7.48. The number of anilines is 1. The second kappa shape index (κ2) is 11.8. The highest BCUT2D eigenvalue weighted by atomic mass is 16.5. The summed E-state index contributed by atoms with van der Waals surface area (Å²) in [5, 5.41) is 3.79. The van der Waals surface area contributed by atoms with Crippen LogP contribution in [0.5, 0.6) is 0 Å². The van der Waals surface area contributed by atoms with Gasteiger partial charge in [-0.3, -0.25) is 14.7 Å². The number of rotatable bonds is 8. The number of hydrogen-bond acceptors (Lipinski definition) is 5. The lowest BCUT2D eigenvalue weighted by atomic mass is 9.95. The smallest absolute Gasteiger partial charge is 0.340 e. The van der Waals surface area contributed by atoms with Gasteiger partial charge in [0.05, 0.1) is 11.1 Å². The van der Waals surface area contributed by atoms with Gasteiger partial charge in [0, 0.05) is 48.4 Å². The van der Waals surface area contributed by atoms with E-state index < -0.39 is 12.1 Å². The number of esters is 1. The lowest BCUT2D eigenvalue weighted by Crippen LogP contribution is -2.35. The molecule has 6 nitrogen and oxygen atoms in total. The minimum Gasteiger partial charge on any atom is -0.449 e. The summed E-state index contributed by atoms with van der Waals surface area (Å²) >= 11 is 0. The van der Waals surface area contributed by atoms with E-state index in [2.05, 4.69) is 29.3 Å². The van der Waals surface area contributed by atoms with Crippen molar-refractivity contribution in [2.75, 3.05) is 11.9 Å². The monoisotopic (exact) mass is 521 g/mol. The normalized spacial score (nSPS) is 14.0. The van der Waals surface area contributed by atoms with E-state index in [1.165, 1.54) is 5.56 Å². The van der Waals surface area contributed by atoms with Crippen molar-refractivity contribution < 1.29 is 14.3 Å². The van der Waals surface area contributed by atoms with Crippen LogP contribution in [-0.4, -0.2) is 34.4 Å². The standard InChI is InChI=1S/C33H35N3O3/c1-4-24-15-11-12-22(3)31(24)35-32(37)29(5-2)39-33(38)30-25-16-9-10-17-27(25)34-28-18-19-36(21-26(28)30)20-23-13-7-6-8-14-23/h6-17,29H,4-5,18-21H2,1-3H3,(H,35,37). The largest absolute Gasteiger partial charge is 0.449 e. The Morgan fingerprint density at radius 1 is 1.00 bits per heavy atom. The van der Waals surface area contributed by atoms with Gasteiger partial charge in [-0.2, -0.15) is 0 Å². The molecule has 200 valence electrons. The van der Waals surface area contributed by atoms with Gasteiger partial charge >= 0.3 is 5.97 Å². The Morgan fingerprint density at radius 3 is 2.54 bits per heavy atom. The third kappa shape index (κ3) is 5.71. The molecule has 0 spiro atoms. The molecule has 5 rings (SSSR count). The van der Waals surface area contributed by atoms with Gasteiger partial charge in [-0.25, -0.2) is 4.79 Å². The van der Waals surface area contributed by atoms with E-state index in [9.17, 15) is 9.59 Å². The van der Waals surface area contributed by atoms with Crippen molar-refractivity contribution in [3.63, 3.8) is 0 Å². The number of ether oxygens (including phenoxy) is 1. The Labute approximate surface area is 230 Å². The van der Waals surface area contributed by atoms with Crippen LogP contribution in [0.3, 0.4) is 0 Å². The number of hydrogen-bond donors (Lipinski definition) is 1. The number of amides is 1. The molecule has 1 atom stereocenters. The van der Waals surface area contributed by atoms with E-state index in [4.69, 9.17) is 9.72 Å². The molecule has 1 aliphatic rings. The molecule has 0 fully saturated rings. The van der Waals surface area contributed by atoms with Crippen LogP contribution in [-0.2, 0) is 35.5 Å². The van der Waals surface area contributed by atoms with Gasteiger partial charge < -0.3 is 10.1 Å². The Morgan fingerprint density at radius 2 is 1.77 bits per heavy atom. The number of aryl methyl sites for hydroxylation is 2. The maximum atomic E-state index is 13.9. The van der Waals surface area contributed by atoms with Crippen LogP contribution in [0.2, 0.25) is 0 Å². The first kappa shape index (κ1) is 26.6. The fourth-order valence-corrected chi connectivity index (χ4v) is 5.37. The van der Waals surface area contributed by atoms with Gasteiger partial charge in [0.15, 0.2) is 6.10 Å². The van der Waals surface area contributed by atoms with E-state index in [1.807, 2.05) is 74.5 Å². The summed E-state index contributed by atoms with van der Waals surface area (Å²) in [7, 11) is 0. The fourth-order valence-electron chi connectivity index (χ4n) is 5.37. The first-order valence-corrected chi connectivity index (χ1v) is 13.8. The molecule has 0 saturated carbocycles. The van der Waals surface area contributed by atoms with Crippen LogP contribution >= 0.6 is 0 Å². The Hall–Kier alpha value is -4.03. The summed E-state index contributed by atoms with van der Waals surface area (Å²) in [6.07, 6.45) is 1.00. The van der Waals surface area contributed by atoms with Crippen LogP contribution in [0, 0.1) is 6.92 Å². The molecule has 1 N–H and O–H groups in total. The Balaban J connectivity index is 1.44. The lowest BCUT2D eigenvalue weighted by Gasteiger charge is -2.30. The minimum absolute atomic E-state index is 0.312. The van der Waals surface area contributed by atoms with Gasteiger partial charge in [0.2, 0.25) is 0 Å². The highest BCUT2D eigenvalue weighted by molar-refractivity contribution is 6.06. The number of benzene rings is 3. The van der Waals surface area contributed by atoms with Crippen molar-refractivity contribution in [3.05, 3.63) is 106 Å². The van der Waals surface area contributed by atoms with Crippen molar-refractivity contribution in [3.8, 4) is 0 Å². The van der Waals surface area contributed by atoms with Crippen molar-refractivity contribution in [1.29, 1.82) is 0 Å². The zero-order valence-electron chi connectivity index (χ0n) is 22.9. The highest BCUT2D eigenvalue weighted by Crippen LogP contribution is 2.30. The van der Waals surface area contributed by atoms with Gasteiger partial charge in [-0.05, 0) is 42.5 Å². The fraction of sp³-hybridized carbons (Fsp3) is 0.303. The quantitative estimate of drug-likeness (QED) is 0.278. The zero-order chi connectivity index (χ0) is 27.4. The zero-order valence-corrected chi connectivity index (χ0v) is 22.9. The van der Waals surface area contributed by atoms with Crippen LogP contribution in [0.15, 0.2) is 72.8 Å². The molecule has 2 heterocycles. The van der Waals surface area contributed by atoms with Gasteiger partial charge in [0.1, 0.15) is 0 Å². The van der Waals surface area contributed by atoms with E-state index in [1.54, 1.807) is 0 Å². The summed E-state index contributed by atoms with van der Waals surface area (Å²) in [5.41, 5.74) is 7.16. The predicted octanol–water partition coefficient (Wildman–Crippen LogP) is 6.24. The average Bonchev–Trinajstić information content (AvgIpc) is 2.96. The molecule has 6 heteroatoms. The number of para-hydroxylation sites is 2. The molecule has 39 heavy (non-hydrogen) atoms. The van der Waals surface area contributed by atoms with Crippen molar-refractivity contribution in [1.82, 2.24) is 9.88 Å². The van der Waals surface area contributed by atoms with Gasteiger partial charge in [-0.1, -0.05) is 80.6 Å². The SMILES string of the molecule is CCc1cccc(C)c1NC(=O)C(CC)OC(=O)c1c2c(nc3ccccc13)CCN(Cc1ccccc1)C2. The molecule has 1 aromatic heterocycles. The molecule has 1 unspecified atom stereocenters. The van der Waals surface area contributed by atoms with Gasteiger partial charge in [-0.15, -0.1) is 0 Å². The van der Waals surface area contributed by atoms with E-state index in [0.717, 1.165) is 64.9 Å². The molecule has 1 amide bonds. The molecule has 4 aromatic rings. The van der Waals surface area contributed by atoms with E-state index >= 15 is 0 Å². The number of nitrogens with one attached hydrogen (secondary N) is 1. The van der Waals surface area contributed by atoms with Crippen LogP contribution in [0.25, 0.3) is 10.9 Å². The summed E-state index contributed by atoms with van der Waals surface area (Å²) in [4.78, 5) is 34.4. The van der Waals surface area contributed by atoms with E-state index in [0.29, 0.717) is 18.5 Å². The first-order chi connectivity index (χ1) is 19.0. The number of pyridine rings is 1. The highest BCUT2D eigenvalue weighted by Gasteiger charge is 2.30. The van der Waals surface area contributed by atoms with E-state index in [-0.39, 0.29) is 5.91 Å². The summed E-state index contributed by atoms with van der Waals surface area (Å²) in [6.45, 7) is 8.13. The molecule has 0 bridgehead atoms. The predicted molar refractivity (Wildman–Crippen MR) is 155 cm³/mol. The van der Waals surface area contributed by atoms with Crippen molar-refractivity contribution >= 4 is 28.5 Å². The molecule has 0 radical (unpaired) electrons. The number of aromatic nitrogens is 1. The minimum atomic E-state index is -0.909. The molecular formula is C33H35N3O3. The van der Waals surface area contributed by atoms with Gasteiger partial charge in [0.25, 0.3) is 5.91 Å². The maximum absolute atomic E-state index is 13.9. The second-order valence-electron chi connectivity index (χ2n) is 10.1. The average molecular weight is 522 g/mol. The summed E-state index contributed by atoms with van der Waals surface area (Å²) in [5.74, 6) is -0.790. The Kier molecular flexibility index (Phi) is 8.03. The molecular weight excluding hydrogens is 486 g/mol. The van der Waals surface area contributed by atoms with Crippen LogP contribution < -0.4 is 5.32 Å². The number of fused-ring (bicyclic) bond motifs is 2. The number of carbonyl (C=O) groups excluding carboxylic acids is 2. The molecule has 1 aliphatic heterocycles. The molecule has 3 aromatic carbocycles. The summed E-state index contributed by atoms with van der Waals surface area (Å²) in [6, 6.07) is 24.0. The first-order valence-electron chi connectivity index (χ1n) is 13.8. The second-order valence-corrected chi connectivity index (χ2v) is 10.1. The maximum Gasteiger partial charge on any atom is 0.340 e. The van der Waals surface area contributed by atoms with Crippen LogP contribution in [0.1, 0.15) is 58.6 Å². The number of nitrogens with zero attached hydrogens (tertiary/aromatic N) is 2. The Bertz CT molecular complexity index is 1500. The molecule has 0 aliphatic carbocycles. The topological polar surface area (TPSA) is 71.5 Å². The summed E-state index contributed by atoms with van der Waals surface area (Å²) < 4.78 is 5.96. The molecule has 0 saturated heterocycles. The lowest BCUT2D eigenvalue weighted by molar-refractivity contribution is -0.124. The van der Waals surface area contributed by atoms with Crippen molar-refractivity contribution in [2.45, 2.75) is 59.2 Å². The number of carbonyl (C=O) groups is 2. The van der Waals surface area contributed by atoms with Crippen LogP contribution in [0.4, 0.5) is 5.69 Å². The third-order valence-corrected chi connectivity index (χ3v) is 7.48. The van der Waals surface area contributed by atoms with Crippen molar-refractivity contribution in [2.24, 2.45) is 0 Å².